The van der Waals surface area contributed by atoms with Crippen molar-refractivity contribution in [3.63, 3.8) is 0 Å². The van der Waals surface area contributed by atoms with E-state index in [2.05, 4.69) is 51.2 Å². The lowest BCUT2D eigenvalue weighted by molar-refractivity contribution is 0.167. The summed E-state index contributed by atoms with van der Waals surface area (Å²) in [4.78, 5) is 12.0. The van der Waals surface area contributed by atoms with Gasteiger partial charge in [-0.1, -0.05) is 0 Å². The minimum absolute atomic E-state index is 0.558. The Hall–Kier alpha value is -0.850. The third-order valence-electron chi connectivity index (χ3n) is 5.58. The lowest BCUT2D eigenvalue weighted by atomic mass is 10.0. The lowest BCUT2D eigenvalue weighted by Gasteiger charge is -2.35. The number of hydrogen-bond donors (Lipinski definition) is 2. The Bertz CT molecular complexity index is 389. The monoisotopic (exact) mass is 352 g/mol. The summed E-state index contributed by atoms with van der Waals surface area (Å²) in [5.74, 6) is 0.971. The first-order valence-corrected chi connectivity index (χ1v) is 10.2. The van der Waals surface area contributed by atoms with Crippen LogP contribution in [0.25, 0.3) is 0 Å². The summed E-state index contributed by atoms with van der Waals surface area (Å²) in [6.07, 6.45) is 4.89. The molecule has 0 aromatic carbocycles. The Labute approximate surface area is 155 Å². The van der Waals surface area contributed by atoms with E-state index < -0.39 is 0 Å². The molecule has 0 amide bonds. The largest absolute Gasteiger partial charge is 0.356 e. The molecule has 0 saturated carbocycles. The fourth-order valence-corrected chi connectivity index (χ4v) is 3.78. The van der Waals surface area contributed by atoms with Gasteiger partial charge >= 0.3 is 0 Å². The summed E-state index contributed by atoms with van der Waals surface area (Å²) < 4.78 is 0. The molecule has 0 atom stereocenters. The zero-order chi connectivity index (χ0) is 18.1. The van der Waals surface area contributed by atoms with Crippen molar-refractivity contribution in [3.8, 4) is 0 Å². The molecule has 0 radical (unpaired) electrons. The van der Waals surface area contributed by atoms with Crippen molar-refractivity contribution < 1.29 is 0 Å². The molecular formula is C19H40N6. The van der Waals surface area contributed by atoms with Crippen molar-refractivity contribution in [2.45, 2.75) is 51.6 Å². The Morgan fingerprint density at radius 3 is 2.52 bits per heavy atom. The van der Waals surface area contributed by atoms with Crippen LogP contribution >= 0.6 is 0 Å². The highest BCUT2D eigenvalue weighted by Gasteiger charge is 2.21. The first-order valence-electron chi connectivity index (χ1n) is 10.2. The van der Waals surface area contributed by atoms with Crippen LogP contribution in [-0.2, 0) is 0 Å². The lowest BCUT2D eigenvalue weighted by Crippen LogP contribution is -2.50. The van der Waals surface area contributed by atoms with E-state index in [-0.39, 0.29) is 0 Å². The Morgan fingerprint density at radius 1 is 1.08 bits per heavy atom. The van der Waals surface area contributed by atoms with Crippen LogP contribution < -0.4 is 10.6 Å². The molecule has 2 aliphatic heterocycles. The zero-order valence-electron chi connectivity index (χ0n) is 16.9. The van der Waals surface area contributed by atoms with Gasteiger partial charge < -0.3 is 25.3 Å². The number of guanidine groups is 1. The number of piperidine rings is 1. The Morgan fingerprint density at radius 2 is 1.84 bits per heavy atom. The molecule has 0 aromatic heterocycles. The van der Waals surface area contributed by atoms with Crippen LogP contribution in [0.3, 0.4) is 0 Å². The average molecular weight is 353 g/mol. The molecule has 2 N–H and O–H groups in total. The Kier molecular flexibility index (Phi) is 8.99. The quantitative estimate of drug-likeness (QED) is 0.425. The van der Waals surface area contributed by atoms with Gasteiger partial charge in [0.25, 0.3) is 0 Å². The van der Waals surface area contributed by atoms with Gasteiger partial charge in [-0.2, -0.15) is 0 Å². The second-order valence-electron chi connectivity index (χ2n) is 7.90. The molecular weight excluding hydrogens is 312 g/mol. The standard InChI is InChI=1S/C19H40N6/c1-17(2)25-13-7-18(8-14-25)22-19(20-3)21-9-5-11-24-12-6-10-23(4)15-16-24/h17-18H,5-16H2,1-4H3,(H2,20,21,22). The zero-order valence-corrected chi connectivity index (χ0v) is 16.9. The minimum atomic E-state index is 0.558. The van der Waals surface area contributed by atoms with Gasteiger partial charge in [0, 0.05) is 51.9 Å². The summed E-state index contributed by atoms with van der Waals surface area (Å²) in [7, 11) is 4.11. The molecule has 2 fully saturated rings. The van der Waals surface area contributed by atoms with Gasteiger partial charge in [-0.25, -0.2) is 0 Å². The maximum absolute atomic E-state index is 4.41. The molecule has 2 saturated heterocycles. The van der Waals surface area contributed by atoms with Gasteiger partial charge in [0.1, 0.15) is 0 Å². The number of rotatable bonds is 6. The van der Waals surface area contributed by atoms with Crippen molar-refractivity contribution in [2.75, 3.05) is 66.5 Å². The van der Waals surface area contributed by atoms with E-state index in [0.29, 0.717) is 12.1 Å². The van der Waals surface area contributed by atoms with E-state index in [1.54, 1.807) is 0 Å². The maximum atomic E-state index is 4.41. The first-order chi connectivity index (χ1) is 12.1. The van der Waals surface area contributed by atoms with Crippen LogP contribution in [0, 0.1) is 0 Å². The predicted octanol–water partition coefficient (Wildman–Crippen LogP) is 1.05. The van der Waals surface area contributed by atoms with Gasteiger partial charge in [-0.15, -0.1) is 0 Å². The smallest absolute Gasteiger partial charge is 0.191 e. The normalized spacial score (nSPS) is 23.0. The van der Waals surface area contributed by atoms with E-state index in [4.69, 9.17) is 0 Å². The molecule has 0 aliphatic carbocycles. The van der Waals surface area contributed by atoms with Crippen LogP contribution in [0.5, 0.6) is 0 Å². The summed E-state index contributed by atoms with van der Waals surface area (Å²) in [6, 6.07) is 1.22. The van der Waals surface area contributed by atoms with Gasteiger partial charge in [-0.05, 0) is 66.2 Å². The van der Waals surface area contributed by atoms with E-state index in [1.165, 1.54) is 71.5 Å². The average Bonchev–Trinajstić information content (AvgIpc) is 2.82. The predicted molar refractivity (Wildman–Crippen MR) is 107 cm³/mol. The molecule has 0 bridgehead atoms. The van der Waals surface area contributed by atoms with Crippen molar-refractivity contribution in [2.24, 2.45) is 4.99 Å². The molecule has 2 aliphatic rings. The summed E-state index contributed by atoms with van der Waals surface area (Å²) in [6.45, 7) is 14.0. The van der Waals surface area contributed by atoms with Crippen LogP contribution in [0.1, 0.15) is 39.5 Å². The number of hydrogen-bond acceptors (Lipinski definition) is 4. The van der Waals surface area contributed by atoms with Gasteiger partial charge in [0.15, 0.2) is 5.96 Å². The maximum Gasteiger partial charge on any atom is 0.191 e. The van der Waals surface area contributed by atoms with Crippen molar-refractivity contribution in [3.05, 3.63) is 0 Å². The van der Waals surface area contributed by atoms with E-state index in [9.17, 15) is 0 Å². The third-order valence-corrected chi connectivity index (χ3v) is 5.58. The van der Waals surface area contributed by atoms with Gasteiger partial charge in [-0.3, -0.25) is 4.99 Å². The number of likely N-dealkylation sites (N-methyl/N-ethyl adjacent to an activating group) is 1. The fourth-order valence-electron chi connectivity index (χ4n) is 3.78. The van der Waals surface area contributed by atoms with Crippen LogP contribution in [-0.4, -0.2) is 99.2 Å². The number of nitrogens with zero attached hydrogens (tertiary/aromatic N) is 4. The molecule has 0 unspecified atom stereocenters. The van der Waals surface area contributed by atoms with E-state index >= 15 is 0 Å². The molecule has 6 heteroatoms. The highest BCUT2D eigenvalue weighted by Crippen LogP contribution is 2.12. The highest BCUT2D eigenvalue weighted by molar-refractivity contribution is 5.79. The third kappa shape index (κ3) is 7.50. The molecule has 0 spiro atoms. The summed E-state index contributed by atoms with van der Waals surface area (Å²) in [5, 5.41) is 7.11. The van der Waals surface area contributed by atoms with E-state index in [0.717, 1.165) is 12.5 Å². The van der Waals surface area contributed by atoms with Crippen LogP contribution in [0.2, 0.25) is 0 Å². The molecule has 6 nitrogen and oxygen atoms in total. The topological polar surface area (TPSA) is 46.1 Å². The fraction of sp³-hybridized carbons (Fsp3) is 0.947. The van der Waals surface area contributed by atoms with Crippen LogP contribution in [0.4, 0.5) is 0 Å². The highest BCUT2D eigenvalue weighted by atomic mass is 15.2. The number of nitrogens with one attached hydrogen (secondary N) is 2. The van der Waals surface area contributed by atoms with Crippen molar-refractivity contribution in [1.29, 1.82) is 0 Å². The van der Waals surface area contributed by atoms with E-state index in [1.807, 2.05) is 7.05 Å². The minimum Gasteiger partial charge on any atom is -0.356 e. The van der Waals surface area contributed by atoms with Gasteiger partial charge in [0.05, 0.1) is 0 Å². The Balaban J connectivity index is 1.59. The molecule has 2 rings (SSSR count). The molecule has 2 heterocycles. The second kappa shape index (κ2) is 11.0. The molecule has 25 heavy (non-hydrogen) atoms. The summed E-state index contributed by atoms with van der Waals surface area (Å²) >= 11 is 0. The summed E-state index contributed by atoms with van der Waals surface area (Å²) in [5.41, 5.74) is 0. The van der Waals surface area contributed by atoms with Gasteiger partial charge in [0.2, 0.25) is 0 Å². The van der Waals surface area contributed by atoms with Crippen molar-refractivity contribution >= 4 is 5.96 Å². The second-order valence-corrected chi connectivity index (χ2v) is 7.90. The molecule has 146 valence electrons. The SMILES string of the molecule is CN=C(NCCCN1CCCN(C)CC1)NC1CCN(C(C)C)CC1. The first kappa shape index (κ1) is 20.5. The van der Waals surface area contributed by atoms with Crippen molar-refractivity contribution in [1.82, 2.24) is 25.3 Å². The van der Waals surface area contributed by atoms with Crippen LogP contribution in [0.15, 0.2) is 4.99 Å². The number of aliphatic imine (C=N–C) groups is 1. The molecule has 0 aromatic rings. The number of likely N-dealkylation sites (tertiary alicyclic amines) is 1.